The number of rotatable bonds is 5. The van der Waals surface area contributed by atoms with Gasteiger partial charge in [-0.05, 0) is 12.8 Å². The highest BCUT2D eigenvalue weighted by molar-refractivity contribution is 4.36. The third kappa shape index (κ3) is 5.92. The van der Waals surface area contributed by atoms with E-state index in [0.29, 0.717) is 13.2 Å². The molecule has 0 aliphatic heterocycles. The van der Waals surface area contributed by atoms with Crippen LogP contribution in [0, 0.1) is 6.92 Å². The van der Waals surface area contributed by atoms with Crippen LogP contribution in [0.3, 0.4) is 0 Å². The summed E-state index contributed by atoms with van der Waals surface area (Å²) in [5.41, 5.74) is 0. The molecule has 0 fully saturated rings. The first kappa shape index (κ1) is 7.92. The van der Waals surface area contributed by atoms with E-state index in [0.717, 1.165) is 12.8 Å². The average Bonchev–Trinajstić information content (AvgIpc) is 1.81. The number of hydrogen-bond acceptors (Lipinski definition) is 2. The van der Waals surface area contributed by atoms with Crippen LogP contribution in [0.4, 0.5) is 0 Å². The van der Waals surface area contributed by atoms with Crippen LogP contribution in [0.25, 0.3) is 0 Å². The molecule has 8 heavy (non-hydrogen) atoms. The minimum absolute atomic E-state index is 0.219. The summed E-state index contributed by atoms with van der Waals surface area (Å²) in [7, 11) is 0. The summed E-state index contributed by atoms with van der Waals surface area (Å²) in [6.45, 7) is 5.18. The molecule has 1 radical (unpaired) electrons. The van der Waals surface area contributed by atoms with Gasteiger partial charge >= 0.3 is 0 Å². The van der Waals surface area contributed by atoms with Crippen LogP contribution < -0.4 is 0 Å². The first-order chi connectivity index (χ1) is 3.91. The van der Waals surface area contributed by atoms with Gasteiger partial charge in [-0.1, -0.05) is 6.92 Å². The van der Waals surface area contributed by atoms with Gasteiger partial charge < -0.3 is 9.84 Å². The molecule has 1 N–H and O–H groups in total. The minimum atomic E-state index is 0.219. The molecule has 0 saturated heterocycles. The summed E-state index contributed by atoms with van der Waals surface area (Å²) in [5.74, 6) is 0. The standard InChI is InChI=1S/C6H13O2/c1-2-5-8-6-3-4-7/h7H,1-6H2. The van der Waals surface area contributed by atoms with Gasteiger partial charge in [-0.2, -0.15) is 0 Å². The molecule has 0 aromatic heterocycles. The molecule has 0 amide bonds. The Bertz CT molecular complexity index is 31.5. The smallest absolute Gasteiger partial charge is 0.0487 e. The first-order valence-electron chi connectivity index (χ1n) is 2.89. The van der Waals surface area contributed by atoms with E-state index < -0.39 is 0 Å². The molecule has 0 bridgehead atoms. The van der Waals surface area contributed by atoms with Crippen LogP contribution in [0.1, 0.15) is 12.8 Å². The zero-order valence-corrected chi connectivity index (χ0v) is 5.10. The molecule has 0 aromatic carbocycles. The molecule has 0 saturated carbocycles. The Morgan fingerprint density at radius 2 is 2.12 bits per heavy atom. The molecule has 0 aromatic rings. The molecule has 2 heteroatoms. The molecule has 0 rings (SSSR count). The zero-order chi connectivity index (χ0) is 6.24. The SMILES string of the molecule is [CH2]CCOCCCO. The molecular weight excluding hydrogens is 104 g/mol. The fourth-order valence-electron chi connectivity index (χ4n) is 0.371. The predicted molar refractivity (Wildman–Crippen MR) is 32.5 cm³/mol. The Balaban J connectivity index is 2.53. The highest BCUT2D eigenvalue weighted by atomic mass is 16.5. The Labute approximate surface area is 50.5 Å². The molecular formula is C6H13O2. The lowest BCUT2D eigenvalue weighted by molar-refractivity contribution is 0.119. The highest BCUT2D eigenvalue weighted by Crippen LogP contribution is 1.82. The minimum Gasteiger partial charge on any atom is -0.396 e. The van der Waals surface area contributed by atoms with Gasteiger partial charge in [-0.15, -0.1) is 0 Å². The molecule has 0 atom stereocenters. The summed E-state index contributed by atoms with van der Waals surface area (Å²) in [5, 5.41) is 8.27. The second kappa shape index (κ2) is 6.92. The predicted octanol–water partition coefficient (Wildman–Crippen LogP) is 0.610. The summed E-state index contributed by atoms with van der Waals surface area (Å²) in [6, 6.07) is 0. The van der Waals surface area contributed by atoms with Crippen molar-refractivity contribution in [3.8, 4) is 0 Å². The van der Waals surface area contributed by atoms with E-state index in [1.807, 2.05) is 0 Å². The van der Waals surface area contributed by atoms with Crippen molar-refractivity contribution in [2.75, 3.05) is 19.8 Å². The van der Waals surface area contributed by atoms with Gasteiger partial charge in [0, 0.05) is 19.8 Å². The fourth-order valence-corrected chi connectivity index (χ4v) is 0.371. The van der Waals surface area contributed by atoms with E-state index in [-0.39, 0.29) is 6.61 Å². The summed E-state index contributed by atoms with van der Waals surface area (Å²) < 4.78 is 5.00. The van der Waals surface area contributed by atoms with Crippen LogP contribution in [-0.2, 0) is 4.74 Å². The van der Waals surface area contributed by atoms with Crippen LogP contribution in [0.5, 0.6) is 0 Å². The first-order valence-corrected chi connectivity index (χ1v) is 2.89. The lowest BCUT2D eigenvalue weighted by Gasteiger charge is -1.97. The summed E-state index contributed by atoms with van der Waals surface area (Å²) >= 11 is 0. The molecule has 0 aliphatic carbocycles. The maximum atomic E-state index is 8.27. The molecule has 0 unspecified atom stereocenters. The molecule has 49 valence electrons. The second-order valence-electron chi connectivity index (χ2n) is 1.54. The van der Waals surface area contributed by atoms with Gasteiger partial charge in [-0.3, -0.25) is 0 Å². The van der Waals surface area contributed by atoms with Crippen molar-refractivity contribution in [1.29, 1.82) is 0 Å². The number of ether oxygens (including phenoxy) is 1. The quantitative estimate of drug-likeness (QED) is 0.534. The second-order valence-corrected chi connectivity index (χ2v) is 1.54. The van der Waals surface area contributed by atoms with Crippen LogP contribution >= 0.6 is 0 Å². The van der Waals surface area contributed by atoms with E-state index in [2.05, 4.69) is 6.92 Å². The van der Waals surface area contributed by atoms with Crippen LogP contribution in [0.2, 0.25) is 0 Å². The highest BCUT2D eigenvalue weighted by Gasteiger charge is 1.82. The van der Waals surface area contributed by atoms with Crippen LogP contribution in [-0.4, -0.2) is 24.9 Å². The third-order valence-electron chi connectivity index (χ3n) is 0.735. The lowest BCUT2D eigenvalue weighted by Crippen LogP contribution is -1.97. The number of aliphatic hydroxyl groups excluding tert-OH is 1. The normalized spacial score (nSPS) is 9.75. The number of aliphatic hydroxyl groups is 1. The lowest BCUT2D eigenvalue weighted by atomic mass is 10.5. The molecule has 0 aliphatic rings. The van der Waals surface area contributed by atoms with Gasteiger partial charge in [0.15, 0.2) is 0 Å². The Hall–Kier alpha value is -0.0800. The Morgan fingerprint density at radius 3 is 2.62 bits per heavy atom. The van der Waals surface area contributed by atoms with Crippen molar-refractivity contribution in [1.82, 2.24) is 0 Å². The van der Waals surface area contributed by atoms with Crippen molar-refractivity contribution in [3.05, 3.63) is 6.92 Å². The van der Waals surface area contributed by atoms with Gasteiger partial charge in [0.05, 0.1) is 0 Å². The molecule has 2 nitrogen and oxygen atoms in total. The monoisotopic (exact) mass is 117 g/mol. The topological polar surface area (TPSA) is 29.5 Å². The van der Waals surface area contributed by atoms with Gasteiger partial charge in [0.25, 0.3) is 0 Å². The Kier molecular flexibility index (Phi) is 6.85. The average molecular weight is 117 g/mol. The van der Waals surface area contributed by atoms with Gasteiger partial charge in [0.1, 0.15) is 0 Å². The zero-order valence-electron chi connectivity index (χ0n) is 5.10. The number of hydrogen-bond donors (Lipinski definition) is 1. The fraction of sp³-hybridized carbons (Fsp3) is 0.833. The van der Waals surface area contributed by atoms with E-state index in [1.54, 1.807) is 0 Å². The Morgan fingerprint density at radius 1 is 1.38 bits per heavy atom. The van der Waals surface area contributed by atoms with Crippen molar-refractivity contribution >= 4 is 0 Å². The molecule has 0 heterocycles. The van der Waals surface area contributed by atoms with E-state index >= 15 is 0 Å². The van der Waals surface area contributed by atoms with E-state index in [9.17, 15) is 0 Å². The van der Waals surface area contributed by atoms with Gasteiger partial charge in [0.2, 0.25) is 0 Å². The largest absolute Gasteiger partial charge is 0.396 e. The summed E-state index contributed by atoms with van der Waals surface area (Å²) in [6.07, 6.45) is 1.55. The van der Waals surface area contributed by atoms with Crippen molar-refractivity contribution in [2.24, 2.45) is 0 Å². The maximum Gasteiger partial charge on any atom is 0.0487 e. The van der Waals surface area contributed by atoms with Gasteiger partial charge in [-0.25, -0.2) is 0 Å². The third-order valence-corrected chi connectivity index (χ3v) is 0.735. The summed E-state index contributed by atoms with van der Waals surface area (Å²) in [4.78, 5) is 0. The maximum absolute atomic E-state index is 8.27. The molecule has 0 spiro atoms. The van der Waals surface area contributed by atoms with Crippen molar-refractivity contribution in [2.45, 2.75) is 12.8 Å². The van der Waals surface area contributed by atoms with Crippen molar-refractivity contribution in [3.63, 3.8) is 0 Å². The van der Waals surface area contributed by atoms with Crippen LogP contribution in [0.15, 0.2) is 0 Å². The van der Waals surface area contributed by atoms with E-state index in [4.69, 9.17) is 9.84 Å². The van der Waals surface area contributed by atoms with E-state index in [1.165, 1.54) is 0 Å². The van der Waals surface area contributed by atoms with Crippen molar-refractivity contribution < 1.29 is 9.84 Å².